The molecule has 0 aliphatic carbocycles. The Bertz CT molecular complexity index is 494. The van der Waals surface area contributed by atoms with Crippen molar-refractivity contribution in [2.75, 3.05) is 19.8 Å². The van der Waals surface area contributed by atoms with Crippen molar-refractivity contribution >= 4 is 5.78 Å². The van der Waals surface area contributed by atoms with Crippen LogP contribution in [-0.4, -0.2) is 36.2 Å². The molecule has 2 fully saturated rings. The molecular weight excluding hydrogens is 254 g/mol. The lowest BCUT2D eigenvalue weighted by atomic mass is 9.80. The molecule has 2 saturated heterocycles. The summed E-state index contributed by atoms with van der Waals surface area (Å²) < 4.78 is 11.4. The van der Waals surface area contributed by atoms with Gasteiger partial charge in [-0.15, -0.1) is 0 Å². The number of pyridine rings is 1. The van der Waals surface area contributed by atoms with Gasteiger partial charge in [0.15, 0.2) is 5.78 Å². The van der Waals surface area contributed by atoms with Crippen molar-refractivity contribution in [3.05, 3.63) is 29.6 Å². The van der Waals surface area contributed by atoms with Crippen LogP contribution in [0.3, 0.4) is 0 Å². The van der Waals surface area contributed by atoms with Gasteiger partial charge in [0, 0.05) is 43.5 Å². The average Bonchev–Trinajstić information content (AvgIpc) is 2.94. The number of carbonyl (C=O) groups excluding carboxylic acids is 1. The predicted molar refractivity (Wildman–Crippen MR) is 74.8 cm³/mol. The fourth-order valence-electron chi connectivity index (χ4n) is 3.28. The van der Waals surface area contributed by atoms with Crippen LogP contribution in [0, 0.1) is 5.92 Å². The lowest BCUT2D eigenvalue weighted by Gasteiger charge is -2.36. The van der Waals surface area contributed by atoms with Crippen LogP contribution in [0.5, 0.6) is 0 Å². The molecule has 2 unspecified atom stereocenters. The third-order valence-electron chi connectivity index (χ3n) is 4.48. The first kappa shape index (κ1) is 13.7. The topological polar surface area (TPSA) is 48.4 Å². The molecule has 108 valence electrons. The molecule has 0 radical (unpaired) electrons. The van der Waals surface area contributed by atoms with E-state index < -0.39 is 0 Å². The molecule has 1 aromatic heterocycles. The maximum Gasteiger partial charge on any atom is 0.166 e. The van der Waals surface area contributed by atoms with E-state index in [2.05, 4.69) is 11.9 Å². The van der Waals surface area contributed by atoms with Crippen molar-refractivity contribution in [3.8, 4) is 0 Å². The largest absolute Gasteiger partial charge is 0.378 e. The van der Waals surface area contributed by atoms with E-state index in [1.165, 1.54) is 0 Å². The Hall–Kier alpha value is -1.26. The number of hydrogen-bond acceptors (Lipinski definition) is 4. The van der Waals surface area contributed by atoms with E-state index in [1.54, 1.807) is 12.4 Å². The summed E-state index contributed by atoms with van der Waals surface area (Å²) in [6, 6.07) is 1.86. The summed E-state index contributed by atoms with van der Waals surface area (Å²) in [6.07, 6.45) is 6.87. The van der Waals surface area contributed by atoms with Gasteiger partial charge in [-0.05, 0) is 30.9 Å². The van der Waals surface area contributed by atoms with E-state index in [0.29, 0.717) is 13.2 Å². The number of aryl methyl sites for hydroxylation is 1. The third-order valence-corrected chi connectivity index (χ3v) is 4.48. The normalized spacial score (nSPS) is 29.8. The van der Waals surface area contributed by atoms with Gasteiger partial charge in [0.1, 0.15) is 0 Å². The van der Waals surface area contributed by atoms with E-state index in [0.717, 1.165) is 43.4 Å². The highest BCUT2D eigenvalue weighted by atomic mass is 16.6. The first-order valence-corrected chi connectivity index (χ1v) is 7.43. The number of aromatic nitrogens is 1. The molecule has 2 atom stereocenters. The highest BCUT2D eigenvalue weighted by Gasteiger charge is 2.43. The average molecular weight is 275 g/mol. The van der Waals surface area contributed by atoms with E-state index in [-0.39, 0.29) is 17.3 Å². The Labute approximate surface area is 119 Å². The second-order valence-electron chi connectivity index (χ2n) is 5.77. The summed E-state index contributed by atoms with van der Waals surface area (Å²) >= 11 is 0. The number of rotatable bonds is 3. The lowest BCUT2D eigenvalue weighted by Crippen LogP contribution is -2.42. The van der Waals surface area contributed by atoms with Crippen molar-refractivity contribution in [2.24, 2.45) is 5.92 Å². The number of ketones is 1. The number of ether oxygens (including phenoxy) is 2. The number of carbonyl (C=O) groups is 1. The zero-order valence-electron chi connectivity index (χ0n) is 11.9. The smallest absolute Gasteiger partial charge is 0.166 e. The van der Waals surface area contributed by atoms with Crippen molar-refractivity contribution in [3.63, 3.8) is 0 Å². The van der Waals surface area contributed by atoms with Gasteiger partial charge in [0.2, 0.25) is 0 Å². The molecule has 3 heterocycles. The van der Waals surface area contributed by atoms with Crippen LogP contribution in [0.15, 0.2) is 18.5 Å². The van der Waals surface area contributed by atoms with Crippen molar-refractivity contribution in [2.45, 2.75) is 38.2 Å². The second-order valence-corrected chi connectivity index (χ2v) is 5.77. The van der Waals surface area contributed by atoms with Gasteiger partial charge in [-0.25, -0.2) is 0 Å². The van der Waals surface area contributed by atoms with Crippen LogP contribution in [0.1, 0.15) is 42.1 Å². The molecule has 1 aromatic rings. The zero-order chi connectivity index (χ0) is 14.0. The molecule has 4 heteroatoms. The SMILES string of the molecule is CCc1cnccc1C(=O)C1CCOC2(CCOC2)C1. The van der Waals surface area contributed by atoms with Crippen LogP contribution < -0.4 is 0 Å². The minimum atomic E-state index is -0.210. The Morgan fingerprint density at radius 1 is 1.50 bits per heavy atom. The van der Waals surface area contributed by atoms with Gasteiger partial charge in [-0.3, -0.25) is 9.78 Å². The molecule has 20 heavy (non-hydrogen) atoms. The van der Waals surface area contributed by atoms with Crippen LogP contribution in [0.4, 0.5) is 0 Å². The maximum atomic E-state index is 12.8. The van der Waals surface area contributed by atoms with E-state index >= 15 is 0 Å². The molecule has 2 aliphatic rings. The van der Waals surface area contributed by atoms with E-state index in [9.17, 15) is 4.79 Å². The summed E-state index contributed by atoms with van der Waals surface area (Å²) in [4.78, 5) is 16.9. The van der Waals surface area contributed by atoms with E-state index in [4.69, 9.17) is 9.47 Å². The second kappa shape index (κ2) is 5.62. The summed E-state index contributed by atoms with van der Waals surface area (Å²) in [6.45, 7) is 4.10. The molecule has 0 bridgehead atoms. The quantitative estimate of drug-likeness (QED) is 0.795. The monoisotopic (exact) mass is 275 g/mol. The van der Waals surface area contributed by atoms with Crippen LogP contribution in [0.2, 0.25) is 0 Å². The van der Waals surface area contributed by atoms with Crippen LogP contribution >= 0.6 is 0 Å². The standard InChI is InChI=1S/C16H21NO3/c1-2-12-10-17-6-3-14(12)15(18)13-4-7-20-16(9-13)5-8-19-11-16/h3,6,10,13H,2,4-5,7-9,11H2,1H3. The third kappa shape index (κ3) is 2.50. The summed E-state index contributed by atoms with van der Waals surface area (Å²) in [5.41, 5.74) is 1.67. The van der Waals surface area contributed by atoms with Crippen molar-refractivity contribution < 1.29 is 14.3 Å². The van der Waals surface area contributed by atoms with Crippen LogP contribution in [0.25, 0.3) is 0 Å². The molecule has 0 N–H and O–H groups in total. The molecule has 2 aliphatic heterocycles. The number of Topliss-reactive ketones (excluding diaryl/α,β-unsaturated/α-hetero) is 1. The van der Waals surface area contributed by atoms with Gasteiger partial charge in [-0.2, -0.15) is 0 Å². The first-order chi connectivity index (χ1) is 9.74. The Morgan fingerprint density at radius 3 is 3.15 bits per heavy atom. The number of hydrogen-bond donors (Lipinski definition) is 0. The molecule has 4 nitrogen and oxygen atoms in total. The first-order valence-electron chi connectivity index (χ1n) is 7.43. The summed E-state index contributed by atoms with van der Waals surface area (Å²) in [5, 5.41) is 0. The van der Waals surface area contributed by atoms with Crippen LogP contribution in [-0.2, 0) is 15.9 Å². The lowest BCUT2D eigenvalue weighted by molar-refractivity contribution is -0.0920. The minimum absolute atomic E-state index is 0.0538. The molecule has 0 aromatic carbocycles. The van der Waals surface area contributed by atoms with Gasteiger partial charge in [0.25, 0.3) is 0 Å². The highest BCUT2D eigenvalue weighted by Crippen LogP contribution is 2.37. The van der Waals surface area contributed by atoms with Gasteiger partial charge < -0.3 is 9.47 Å². The fourth-order valence-corrected chi connectivity index (χ4v) is 3.28. The fraction of sp³-hybridized carbons (Fsp3) is 0.625. The molecule has 0 saturated carbocycles. The molecule has 0 amide bonds. The predicted octanol–water partition coefficient (Wildman–Crippen LogP) is 2.41. The van der Waals surface area contributed by atoms with E-state index in [1.807, 2.05) is 6.07 Å². The molecular formula is C16H21NO3. The molecule has 3 rings (SSSR count). The Balaban J connectivity index is 1.79. The van der Waals surface area contributed by atoms with Crippen molar-refractivity contribution in [1.82, 2.24) is 4.98 Å². The highest BCUT2D eigenvalue weighted by molar-refractivity contribution is 5.99. The maximum absolute atomic E-state index is 12.8. The summed E-state index contributed by atoms with van der Waals surface area (Å²) in [7, 11) is 0. The van der Waals surface area contributed by atoms with Gasteiger partial charge in [-0.1, -0.05) is 6.92 Å². The van der Waals surface area contributed by atoms with Gasteiger partial charge in [0.05, 0.1) is 12.2 Å². The number of nitrogens with zero attached hydrogens (tertiary/aromatic N) is 1. The summed E-state index contributed by atoms with van der Waals surface area (Å²) in [5.74, 6) is 0.303. The minimum Gasteiger partial charge on any atom is -0.378 e. The molecule has 1 spiro atoms. The Kier molecular flexibility index (Phi) is 3.85. The van der Waals surface area contributed by atoms with Crippen molar-refractivity contribution in [1.29, 1.82) is 0 Å². The zero-order valence-corrected chi connectivity index (χ0v) is 11.9. The Morgan fingerprint density at radius 2 is 2.40 bits per heavy atom. The van der Waals surface area contributed by atoms with Gasteiger partial charge >= 0.3 is 0 Å².